The van der Waals surface area contributed by atoms with E-state index in [1.165, 1.54) is 18.3 Å². The minimum Gasteiger partial charge on any atom is -0.494 e. The first-order valence-electron chi connectivity index (χ1n) is 9.30. The van der Waals surface area contributed by atoms with Gasteiger partial charge in [-0.25, -0.2) is 4.98 Å². The first kappa shape index (κ1) is 20.5. The molecule has 1 heterocycles. The van der Waals surface area contributed by atoms with E-state index in [9.17, 15) is 9.59 Å². The Morgan fingerprint density at radius 2 is 1.83 bits per heavy atom. The third-order valence-electron chi connectivity index (χ3n) is 4.07. The second-order valence-corrected chi connectivity index (χ2v) is 7.41. The van der Waals surface area contributed by atoms with Crippen molar-refractivity contribution in [1.29, 1.82) is 0 Å². The number of nitrogens with zero attached hydrogens (tertiary/aromatic N) is 1. The maximum atomic E-state index is 12.5. The number of thiazole rings is 1. The van der Waals surface area contributed by atoms with Crippen molar-refractivity contribution < 1.29 is 14.3 Å². The van der Waals surface area contributed by atoms with Crippen LogP contribution in [0.15, 0.2) is 47.8 Å². The third kappa shape index (κ3) is 5.65. The van der Waals surface area contributed by atoms with E-state index in [1.54, 1.807) is 6.07 Å². The Morgan fingerprint density at radius 3 is 2.52 bits per heavy atom. The van der Waals surface area contributed by atoms with Crippen molar-refractivity contribution in [2.45, 2.75) is 27.2 Å². The lowest BCUT2D eigenvalue weighted by Gasteiger charge is -2.12. The maximum Gasteiger partial charge on any atom is 0.230 e. The molecular formula is C22H23N3O3S. The SMILES string of the molecule is CCOc1ccc(-c2nc(CC(=O)Nc3cc(C)ccc3NC(C)=O)cs2)cc1. The standard InChI is InChI=1S/C22H23N3O3S/c1-4-28-18-8-6-16(7-9-18)22-24-17(13-29-22)12-21(27)25-20-11-14(2)5-10-19(20)23-15(3)26/h5-11,13H,4,12H2,1-3H3,(H,23,26)(H,25,27). The molecule has 0 atom stereocenters. The number of amides is 2. The Morgan fingerprint density at radius 1 is 1.07 bits per heavy atom. The topological polar surface area (TPSA) is 80.3 Å². The number of rotatable bonds is 7. The molecule has 0 aliphatic carbocycles. The minimum atomic E-state index is -0.191. The molecule has 0 spiro atoms. The highest BCUT2D eigenvalue weighted by molar-refractivity contribution is 7.13. The van der Waals surface area contributed by atoms with Gasteiger partial charge in [0.05, 0.1) is 30.1 Å². The fourth-order valence-electron chi connectivity index (χ4n) is 2.80. The molecule has 2 amide bonds. The zero-order chi connectivity index (χ0) is 20.8. The molecule has 0 unspecified atom stereocenters. The molecule has 3 aromatic rings. The van der Waals surface area contributed by atoms with Crippen LogP contribution in [-0.2, 0) is 16.0 Å². The van der Waals surface area contributed by atoms with Crippen LogP contribution in [0.4, 0.5) is 11.4 Å². The largest absolute Gasteiger partial charge is 0.494 e. The van der Waals surface area contributed by atoms with Crippen LogP contribution in [0.5, 0.6) is 5.75 Å². The summed E-state index contributed by atoms with van der Waals surface area (Å²) in [6.45, 7) is 5.93. The lowest BCUT2D eigenvalue weighted by Crippen LogP contribution is -2.17. The summed E-state index contributed by atoms with van der Waals surface area (Å²) in [5.41, 5.74) is 3.82. The summed E-state index contributed by atoms with van der Waals surface area (Å²) >= 11 is 1.50. The molecule has 0 radical (unpaired) electrons. The van der Waals surface area contributed by atoms with Crippen LogP contribution >= 0.6 is 11.3 Å². The summed E-state index contributed by atoms with van der Waals surface area (Å²) in [7, 11) is 0. The molecule has 0 aliphatic heterocycles. The number of benzene rings is 2. The zero-order valence-electron chi connectivity index (χ0n) is 16.6. The predicted octanol–water partition coefficient (Wildman–Crippen LogP) is 4.66. The van der Waals surface area contributed by atoms with Crippen LogP contribution in [0.2, 0.25) is 0 Å². The highest BCUT2D eigenvalue weighted by Crippen LogP contribution is 2.27. The smallest absolute Gasteiger partial charge is 0.230 e. The van der Waals surface area contributed by atoms with Crippen molar-refractivity contribution in [3.05, 3.63) is 59.1 Å². The van der Waals surface area contributed by atoms with Crippen molar-refractivity contribution >= 4 is 34.5 Å². The number of hydrogen-bond acceptors (Lipinski definition) is 5. The van der Waals surface area contributed by atoms with Gasteiger partial charge in [-0.05, 0) is 55.8 Å². The molecule has 150 valence electrons. The number of carbonyl (C=O) groups is 2. The molecule has 0 aliphatic rings. The van der Waals surface area contributed by atoms with Crippen molar-refractivity contribution in [1.82, 2.24) is 4.98 Å². The number of aromatic nitrogens is 1. The lowest BCUT2D eigenvalue weighted by molar-refractivity contribution is -0.116. The van der Waals surface area contributed by atoms with Crippen LogP contribution in [0, 0.1) is 6.92 Å². The molecule has 1 aromatic heterocycles. The molecule has 3 rings (SSSR count). The number of anilines is 2. The molecule has 6 nitrogen and oxygen atoms in total. The number of hydrogen-bond donors (Lipinski definition) is 2. The molecule has 0 saturated carbocycles. The molecule has 2 N–H and O–H groups in total. The first-order valence-corrected chi connectivity index (χ1v) is 10.2. The van der Waals surface area contributed by atoms with Gasteiger partial charge in [-0.2, -0.15) is 0 Å². The van der Waals surface area contributed by atoms with Crippen molar-refractivity contribution in [3.63, 3.8) is 0 Å². The number of aryl methyl sites for hydroxylation is 1. The molecule has 0 saturated heterocycles. The molecule has 0 bridgehead atoms. The van der Waals surface area contributed by atoms with Gasteiger partial charge in [-0.3, -0.25) is 9.59 Å². The summed E-state index contributed by atoms with van der Waals surface area (Å²) < 4.78 is 5.46. The van der Waals surface area contributed by atoms with E-state index in [-0.39, 0.29) is 18.2 Å². The van der Waals surface area contributed by atoms with Crippen LogP contribution in [0.25, 0.3) is 10.6 Å². The minimum absolute atomic E-state index is 0.154. The van der Waals surface area contributed by atoms with E-state index < -0.39 is 0 Å². The van der Waals surface area contributed by atoms with Gasteiger partial charge < -0.3 is 15.4 Å². The van der Waals surface area contributed by atoms with Gasteiger partial charge in [0.2, 0.25) is 11.8 Å². The fraction of sp³-hybridized carbons (Fsp3) is 0.227. The van der Waals surface area contributed by atoms with Gasteiger partial charge >= 0.3 is 0 Å². The van der Waals surface area contributed by atoms with Gasteiger partial charge in [0, 0.05) is 17.9 Å². The Kier molecular flexibility index (Phi) is 6.61. The Hall–Kier alpha value is -3.19. The first-order chi connectivity index (χ1) is 13.9. The van der Waals surface area contributed by atoms with Gasteiger partial charge in [-0.1, -0.05) is 6.07 Å². The highest BCUT2D eigenvalue weighted by Gasteiger charge is 2.12. The lowest BCUT2D eigenvalue weighted by atomic mass is 10.2. The van der Waals surface area contributed by atoms with Crippen LogP contribution in [0.3, 0.4) is 0 Å². The van der Waals surface area contributed by atoms with Crippen molar-refractivity contribution in [2.24, 2.45) is 0 Å². The van der Waals surface area contributed by atoms with Crippen LogP contribution in [-0.4, -0.2) is 23.4 Å². The van der Waals surface area contributed by atoms with Gasteiger partial charge in [0.25, 0.3) is 0 Å². The average molecular weight is 410 g/mol. The average Bonchev–Trinajstić information content (AvgIpc) is 3.13. The van der Waals surface area contributed by atoms with E-state index in [1.807, 2.05) is 55.6 Å². The predicted molar refractivity (Wildman–Crippen MR) is 117 cm³/mol. The van der Waals surface area contributed by atoms with E-state index in [2.05, 4.69) is 15.6 Å². The monoisotopic (exact) mass is 409 g/mol. The van der Waals surface area contributed by atoms with Gasteiger partial charge in [0.1, 0.15) is 10.8 Å². The quantitative estimate of drug-likeness (QED) is 0.595. The van der Waals surface area contributed by atoms with E-state index in [0.717, 1.165) is 21.9 Å². The van der Waals surface area contributed by atoms with Gasteiger partial charge in [0.15, 0.2) is 0 Å². The third-order valence-corrected chi connectivity index (χ3v) is 5.01. The van der Waals surface area contributed by atoms with E-state index in [0.29, 0.717) is 23.7 Å². The van der Waals surface area contributed by atoms with Crippen molar-refractivity contribution in [2.75, 3.05) is 17.2 Å². The highest BCUT2D eigenvalue weighted by atomic mass is 32.1. The van der Waals surface area contributed by atoms with E-state index in [4.69, 9.17) is 4.74 Å². The van der Waals surface area contributed by atoms with Crippen LogP contribution < -0.4 is 15.4 Å². The molecule has 0 fully saturated rings. The van der Waals surface area contributed by atoms with E-state index >= 15 is 0 Å². The molecule has 29 heavy (non-hydrogen) atoms. The summed E-state index contributed by atoms with van der Waals surface area (Å²) in [4.78, 5) is 28.5. The summed E-state index contributed by atoms with van der Waals surface area (Å²) in [6, 6.07) is 13.2. The normalized spacial score (nSPS) is 10.4. The number of carbonyl (C=O) groups excluding carboxylic acids is 2. The van der Waals surface area contributed by atoms with Crippen molar-refractivity contribution in [3.8, 4) is 16.3 Å². The summed E-state index contributed by atoms with van der Waals surface area (Å²) in [6.07, 6.45) is 0.154. The van der Waals surface area contributed by atoms with Crippen LogP contribution in [0.1, 0.15) is 25.1 Å². The number of ether oxygens (including phenoxy) is 1. The summed E-state index contributed by atoms with van der Waals surface area (Å²) in [5.74, 6) is 0.440. The Balaban J connectivity index is 1.68. The molecule has 7 heteroatoms. The zero-order valence-corrected chi connectivity index (χ0v) is 17.4. The Labute approximate surface area is 173 Å². The summed E-state index contributed by atoms with van der Waals surface area (Å²) in [5, 5.41) is 8.34. The fourth-order valence-corrected chi connectivity index (χ4v) is 3.63. The second kappa shape index (κ2) is 9.34. The molecule has 2 aromatic carbocycles. The maximum absolute atomic E-state index is 12.5. The molecular weight excluding hydrogens is 386 g/mol. The second-order valence-electron chi connectivity index (χ2n) is 6.56. The van der Waals surface area contributed by atoms with Gasteiger partial charge in [-0.15, -0.1) is 11.3 Å². The number of nitrogens with one attached hydrogen (secondary N) is 2. The Bertz CT molecular complexity index is 1010.